The van der Waals surface area contributed by atoms with E-state index < -0.39 is 30.3 Å². The maximum Gasteiger partial charge on any atom is 0.338 e. The van der Waals surface area contributed by atoms with Crippen molar-refractivity contribution in [2.75, 3.05) is 13.7 Å². The predicted molar refractivity (Wildman–Crippen MR) is 98.7 cm³/mol. The number of carbonyl (C=O) groups is 1. The second kappa shape index (κ2) is 9.04. The molecular formula is C20H21BO6. The molecule has 1 aliphatic rings. The lowest BCUT2D eigenvalue weighted by Crippen LogP contribution is -2.40. The minimum absolute atomic E-state index is 0.253. The highest BCUT2D eigenvalue weighted by Gasteiger charge is 2.45. The van der Waals surface area contributed by atoms with Gasteiger partial charge in [0, 0.05) is 6.00 Å². The van der Waals surface area contributed by atoms with Crippen LogP contribution in [-0.4, -0.2) is 57.0 Å². The lowest BCUT2D eigenvalue weighted by molar-refractivity contribution is -0.0529. The van der Waals surface area contributed by atoms with E-state index in [1.807, 2.05) is 30.3 Å². The first-order valence-corrected chi connectivity index (χ1v) is 8.65. The predicted octanol–water partition coefficient (Wildman–Crippen LogP) is 1.69. The number of aliphatic hydroxyl groups excluding tert-OH is 1. The quantitative estimate of drug-likeness (QED) is 0.592. The van der Waals surface area contributed by atoms with Gasteiger partial charge in [-0.1, -0.05) is 30.3 Å². The molecule has 0 amide bonds. The zero-order chi connectivity index (χ0) is 19.2. The summed E-state index contributed by atoms with van der Waals surface area (Å²) in [5.74, 6) is 0.226. The standard InChI is InChI=1S/C20H21BO6/c1-24-15-9-7-13(8-10-15)12-25-18-17(16(11-22)26-19(18)21)27-20(23)14-5-3-2-4-6-14/h2-10,16-19,22H,11-12H2,1H3. The maximum atomic E-state index is 12.4. The second-order valence-corrected chi connectivity index (χ2v) is 6.18. The first-order valence-electron chi connectivity index (χ1n) is 8.65. The summed E-state index contributed by atoms with van der Waals surface area (Å²) >= 11 is 0. The Hall–Kier alpha value is -2.35. The van der Waals surface area contributed by atoms with Crippen molar-refractivity contribution in [2.45, 2.75) is 30.9 Å². The number of esters is 1. The van der Waals surface area contributed by atoms with Crippen LogP contribution in [0.1, 0.15) is 15.9 Å². The number of aliphatic hydroxyl groups is 1. The molecule has 7 heteroatoms. The van der Waals surface area contributed by atoms with Gasteiger partial charge >= 0.3 is 5.97 Å². The number of hydrogen-bond donors (Lipinski definition) is 1. The lowest BCUT2D eigenvalue weighted by Gasteiger charge is -2.23. The monoisotopic (exact) mass is 368 g/mol. The van der Waals surface area contributed by atoms with Crippen molar-refractivity contribution in [1.29, 1.82) is 0 Å². The number of carbonyl (C=O) groups excluding carboxylic acids is 1. The van der Waals surface area contributed by atoms with Crippen LogP contribution in [0.5, 0.6) is 5.75 Å². The molecule has 6 nitrogen and oxygen atoms in total. The van der Waals surface area contributed by atoms with Gasteiger partial charge < -0.3 is 24.1 Å². The Balaban J connectivity index is 1.68. The van der Waals surface area contributed by atoms with Gasteiger partial charge in [0.1, 0.15) is 25.8 Å². The highest BCUT2D eigenvalue weighted by molar-refractivity contribution is 6.11. The third kappa shape index (κ3) is 4.69. The third-order valence-corrected chi connectivity index (χ3v) is 4.38. The van der Waals surface area contributed by atoms with Gasteiger partial charge in [-0.25, -0.2) is 4.79 Å². The fourth-order valence-electron chi connectivity index (χ4n) is 2.91. The van der Waals surface area contributed by atoms with Gasteiger partial charge in [0.25, 0.3) is 0 Å². The van der Waals surface area contributed by atoms with E-state index in [1.54, 1.807) is 31.4 Å². The number of rotatable bonds is 7. The van der Waals surface area contributed by atoms with Crippen LogP contribution in [0.4, 0.5) is 0 Å². The van der Waals surface area contributed by atoms with Gasteiger partial charge in [-0.2, -0.15) is 0 Å². The second-order valence-electron chi connectivity index (χ2n) is 6.18. The Morgan fingerprint density at radius 1 is 1.11 bits per heavy atom. The fraction of sp³-hybridized carbons (Fsp3) is 0.350. The van der Waals surface area contributed by atoms with E-state index in [0.29, 0.717) is 5.56 Å². The lowest BCUT2D eigenvalue weighted by atomic mass is 9.92. The van der Waals surface area contributed by atoms with Gasteiger partial charge in [-0.3, -0.25) is 0 Å². The van der Waals surface area contributed by atoms with E-state index in [1.165, 1.54) is 0 Å². The molecule has 0 bridgehead atoms. The number of benzene rings is 2. The number of ether oxygens (including phenoxy) is 4. The summed E-state index contributed by atoms with van der Waals surface area (Å²) in [6.07, 6.45) is -2.25. The minimum atomic E-state index is -0.811. The number of methoxy groups -OCH3 is 1. The van der Waals surface area contributed by atoms with E-state index in [2.05, 4.69) is 0 Å². The first-order chi connectivity index (χ1) is 13.1. The van der Waals surface area contributed by atoms with Crippen molar-refractivity contribution >= 4 is 13.8 Å². The van der Waals surface area contributed by atoms with E-state index >= 15 is 0 Å². The summed E-state index contributed by atoms with van der Waals surface area (Å²) in [7, 11) is 7.59. The molecule has 0 saturated carbocycles. The van der Waals surface area contributed by atoms with Gasteiger partial charge in [-0.15, -0.1) is 0 Å². The molecule has 2 aromatic rings. The SMILES string of the molecule is [B]C1OC(CO)C(OC(=O)c2ccccc2)C1OCc1ccc(OC)cc1. The zero-order valence-corrected chi connectivity index (χ0v) is 15.0. The van der Waals surface area contributed by atoms with E-state index in [4.69, 9.17) is 26.8 Å². The summed E-state index contributed by atoms with van der Waals surface area (Å²) in [6, 6.07) is 15.2. The Morgan fingerprint density at radius 2 is 1.81 bits per heavy atom. The Bertz CT molecular complexity index is 736. The Morgan fingerprint density at radius 3 is 2.44 bits per heavy atom. The topological polar surface area (TPSA) is 74.2 Å². The van der Waals surface area contributed by atoms with Gasteiger partial charge in [0.15, 0.2) is 6.10 Å². The summed E-state index contributed by atoms with van der Waals surface area (Å²) in [5.41, 5.74) is 1.31. The molecule has 1 aliphatic heterocycles. The largest absolute Gasteiger partial charge is 0.497 e. The van der Waals surface area contributed by atoms with Crippen molar-refractivity contribution in [3.05, 3.63) is 65.7 Å². The molecule has 140 valence electrons. The molecule has 2 radical (unpaired) electrons. The molecule has 1 N–H and O–H groups in total. The van der Waals surface area contributed by atoms with Crippen LogP contribution in [0.2, 0.25) is 0 Å². The molecule has 4 unspecified atom stereocenters. The van der Waals surface area contributed by atoms with Crippen LogP contribution in [0.15, 0.2) is 54.6 Å². The minimum Gasteiger partial charge on any atom is -0.497 e. The summed E-state index contributed by atoms with van der Waals surface area (Å²) in [5, 5.41) is 9.56. The molecular weight excluding hydrogens is 347 g/mol. The Labute approximate surface area is 159 Å². The van der Waals surface area contributed by atoms with Crippen LogP contribution in [0.25, 0.3) is 0 Å². The smallest absolute Gasteiger partial charge is 0.338 e. The van der Waals surface area contributed by atoms with Crippen LogP contribution in [0.3, 0.4) is 0 Å². The number of hydrogen-bond acceptors (Lipinski definition) is 6. The van der Waals surface area contributed by atoms with E-state index in [-0.39, 0.29) is 13.2 Å². The molecule has 1 heterocycles. The molecule has 0 aliphatic carbocycles. The van der Waals surface area contributed by atoms with Crippen molar-refractivity contribution < 1.29 is 28.8 Å². The Kier molecular flexibility index (Phi) is 6.50. The fourth-order valence-corrected chi connectivity index (χ4v) is 2.91. The van der Waals surface area contributed by atoms with Crippen molar-refractivity contribution in [2.24, 2.45) is 0 Å². The van der Waals surface area contributed by atoms with Crippen LogP contribution in [-0.2, 0) is 20.8 Å². The van der Waals surface area contributed by atoms with Crippen molar-refractivity contribution in [3.63, 3.8) is 0 Å². The van der Waals surface area contributed by atoms with Gasteiger partial charge in [0.05, 0.1) is 25.9 Å². The molecule has 1 saturated heterocycles. The molecule has 3 rings (SSSR count). The average Bonchev–Trinajstić information content (AvgIpc) is 3.01. The third-order valence-electron chi connectivity index (χ3n) is 4.38. The maximum absolute atomic E-state index is 12.4. The zero-order valence-electron chi connectivity index (χ0n) is 15.0. The summed E-state index contributed by atoms with van der Waals surface area (Å²) in [6.45, 7) is -0.0773. The van der Waals surface area contributed by atoms with Crippen molar-refractivity contribution in [1.82, 2.24) is 0 Å². The normalized spacial score (nSPS) is 24.5. The van der Waals surface area contributed by atoms with Crippen molar-refractivity contribution in [3.8, 4) is 5.75 Å². The molecule has 1 fully saturated rings. The van der Waals surface area contributed by atoms with Crippen LogP contribution >= 0.6 is 0 Å². The molecule has 4 atom stereocenters. The molecule has 0 spiro atoms. The van der Waals surface area contributed by atoms with Crippen LogP contribution in [0, 0.1) is 0 Å². The molecule has 0 aromatic heterocycles. The highest BCUT2D eigenvalue weighted by atomic mass is 16.6. The van der Waals surface area contributed by atoms with Gasteiger partial charge in [0.2, 0.25) is 0 Å². The van der Waals surface area contributed by atoms with Crippen LogP contribution < -0.4 is 4.74 Å². The summed E-state index contributed by atoms with van der Waals surface area (Å²) in [4.78, 5) is 12.4. The first kappa shape index (κ1) is 19.4. The molecule has 27 heavy (non-hydrogen) atoms. The molecule has 2 aromatic carbocycles. The van der Waals surface area contributed by atoms with Gasteiger partial charge in [-0.05, 0) is 29.8 Å². The van der Waals surface area contributed by atoms with E-state index in [0.717, 1.165) is 11.3 Å². The van der Waals surface area contributed by atoms with E-state index in [9.17, 15) is 9.90 Å². The average molecular weight is 368 g/mol. The summed E-state index contributed by atoms with van der Waals surface area (Å²) < 4.78 is 22.1. The highest BCUT2D eigenvalue weighted by Crippen LogP contribution is 2.27.